The third-order valence-electron chi connectivity index (χ3n) is 8.06. The normalized spacial score (nSPS) is 11.2. The molecule has 204 valence electrons. The Labute approximate surface area is 254 Å². The Hall–Kier alpha value is -6.18. The molecule has 8 rings (SSSR count). The van der Waals surface area contributed by atoms with Crippen LogP contribution in [0.1, 0.15) is 0 Å². The van der Waals surface area contributed by atoms with E-state index in [4.69, 9.17) is 21.5 Å². The molecule has 0 N–H and O–H groups in total. The van der Waals surface area contributed by atoms with Crippen LogP contribution >= 0.6 is 0 Å². The summed E-state index contributed by atoms with van der Waals surface area (Å²) in [6.45, 7) is 7.44. The summed E-state index contributed by atoms with van der Waals surface area (Å²) in [6.07, 6.45) is 0. The van der Waals surface area contributed by atoms with Crippen molar-refractivity contribution in [1.29, 1.82) is 0 Å². The molecule has 0 saturated carbocycles. The molecule has 8 aromatic rings. The lowest BCUT2D eigenvalue weighted by Crippen LogP contribution is -2.00. The van der Waals surface area contributed by atoms with E-state index in [1.165, 1.54) is 0 Å². The van der Waals surface area contributed by atoms with Crippen molar-refractivity contribution in [3.8, 4) is 44.9 Å². The molecule has 0 unspecified atom stereocenters. The Morgan fingerprint density at radius 2 is 0.955 bits per heavy atom. The fourth-order valence-corrected chi connectivity index (χ4v) is 5.98. The molecule has 2 heterocycles. The Balaban J connectivity index is 1.59. The SMILES string of the molecule is [C-]#[N+]c1ccc(-c2nc3ccccc3c3c2cc(-c2ccccc2)c2nc(-c4ccccc4)c(-c4ccccc4)nc23)cc1. The van der Waals surface area contributed by atoms with E-state index in [1.807, 2.05) is 78.9 Å². The zero-order chi connectivity index (χ0) is 29.5. The summed E-state index contributed by atoms with van der Waals surface area (Å²) in [5.41, 5.74) is 10.7. The highest BCUT2D eigenvalue weighted by Gasteiger charge is 2.21. The van der Waals surface area contributed by atoms with Crippen LogP contribution in [-0.2, 0) is 0 Å². The van der Waals surface area contributed by atoms with Gasteiger partial charge in [-0.2, -0.15) is 0 Å². The average molecular weight is 561 g/mol. The summed E-state index contributed by atoms with van der Waals surface area (Å²) >= 11 is 0. The number of hydrogen-bond acceptors (Lipinski definition) is 3. The molecule has 0 aliphatic rings. The number of aromatic nitrogens is 3. The molecule has 0 amide bonds. The van der Waals surface area contributed by atoms with E-state index in [0.29, 0.717) is 5.69 Å². The number of para-hydroxylation sites is 1. The van der Waals surface area contributed by atoms with Crippen molar-refractivity contribution in [2.24, 2.45) is 0 Å². The van der Waals surface area contributed by atoms with Crippen LogP contribution in [0.25, 0.3) is 82.5 Å². The van der Waals surface area contributed by atoms with Crippen LogP contribution in [-0.4, -0.2) is 15.0 Å². The van der Waals surface area contributed by atoms with Crippen molar-refractivity contribution in [2.75, 3.05) is 0 Å². The molecule has 0 aliphatic heterocycles. The van der Waals surface area contributed by atoms with E-state index in [1.54, 1.807) is 0 Å². The summed E-state index contributed by atoms with van der Waals surface area (Å²) in [5.74, 6) is 0. The van der Waals surface area contributed by atoms with Crippen molar-refractivity contribution in [3.05, 3.63) is 157 Å². The van der Waals surface area contributed by atoms with Crippen LogP contribution in [0.15, 0.2) is 146 Å². The fourth-order valence-electron chi connectivity index (χ4n) is 5.98. The van der Waals surface area contributed by atoms with Gasteiger partial charge in [0.2, 0.25) is 0 Å². The minimum atomic E-state index is 0.598. The highest BCUT2D eigenvalue weighted by molar-refractivity contribution is 6.23. The first-order valence-corrected chi connectivity index (χ1v) is 14.5. The van der Waals surface area contributed by atoms with E-state index in [-0.39, 0.29) is 0 Å². The molecular weight excluding hydrogens is 536 g/mol. The maximum Gasteiger partial charge on any atom is 0.187 e. The highest BCUT2D eigenvalue weighted by atomic mass is 14.8. The molecular formula is C40H24N4. The lowest BCUT2D eigenvalue weighted by Gasteiger charge is -2.18. The summed E-state index contributed by atoms with van der Waals surface area (Å²) in [6, 6.07) is 49.1. The third kappa shape index (κ3) is 4.27. The predicted octanol–water partition coefficient (Wildman–Crippen LogP) is 10.5. The van der Waals surface area contributed by atoms with Crippen LogP contribution < -0.4 is 0 Å². The molecule has 0 aliphatic carbocycles. The first-order chi connectivity index (χ1) is 21.8. The number of rotatable bonds is 4. The lowest BCUT2D eigenvalue weighted by atomic mass is 9.93. The first-order valence-electron chi connectivity index (χ1n) is 14.5. The smallest absolute Gasteiger partial charge is 0.187 e. The van der Waals surface area contributed by atoms with Crippen molar-refractivity contribution < 1.29 is 0 Å². The minimum Gasteiger partial charge on any atom is -0.247 e. The number of benzene rings is 6. The van der Waals surface area contributed by atoms with Crippen molar-refractivity contribution >= 4 is 38.4 Å². The summed E-state index contributed by atoms with van der Waals surface area (Å²) in [7, 11) is 0. The Kier molecular flexibility index (Phi) is 6.14. The third-order valence-corrected chi connectivity index (χ3v) is 8.06. The Morgan fingerprint density at radius 1 is 0.432 bits per heavy atom. The second-order valence-corrected chi connectivity index (χ2v) is 10.7. The van der Waals surface area contributed by atoms with E-state index < -0.39 is 0 Å². The second kappa shape index (κ2) is 10.6. The highest BCUT2D eigenvalue weighted by Crippen LogP contribution is 2.42. The molecule has 2 aromatic heterocycles. The topological polar surface area (TPSA) is 43.0 Å². The zero-order valence-electron chi connectivity index (χ0n) is 23.6. The van der Waals surface area contributed by atoms with Gasteiger partial charge in [-0.1, -0.05) is 133 Å². The average Bonchev–Trinajstić information content (AvgIpc) is 3.11. The number of pyridine rings is 1. The molecule has 0 radical (unpaired) electrons. The van der Waals surface area contributed by atoms with Gasteiger partial charge in [-0.15, -0.1) is 0 Å². The molecule has 0 atom stereocenters. The maximum atomic E-state index is 7.44. The van der Waals surface area contributed by atoms with Gasteiger partial charge < -0.3 is 0 Å². The zero-order valence-corrected chi connectivity index (χ0v) is 23.6. The summed E-state index contributed by atoms with van der Waals surface area (Å²) in [4.78, 5) is 19.8. The van der Waals surface area contributed by atoms with Gasteiger partial charge in [-0.3, -0.25) is 0 Å². The molecule has 0 spiro atoms. The van der Waals surface area contributed by atoms with Gasteiger partial charge in [0.25, 0.3) is 0 Å². The van der Waals surface area contributed by atoms with Crippen LogP contribution in [0.2, 0.25) is 0 Å². The monoisotopic (exact) mass is 560 g/mol. The first kappa shape index (κ1) is 25.5. The van der Waals surface area contributed by atoms with E-state index in [0.717, 1.165) is 77.6 Å². The Morgan fingerprint density at radius 3 is 1.57 bits per heavy atom. The van der Waals surface area contributed by atoms with Crippen molar-refractivity contribution in [2.45, 2.75) is 0 Å². The van der Waals surface area contributed by atoms with Crippen molar-refractivity contribution in [1.82, 2.24) is 15.0 Å². The van der Waals surface area contributed by atoms with Crippen LogP contribution in [0.4, 0.5) is 5.69 Å². The fraction of sp³-hybridized carbons (Fsp3) is 0. The van der Waals surface area contributed by atoms with Gasteiger partial charge in [0.05, 0.1) is 40.2 Å². The molecule has 0 bridgehead atoms. The summed E-state index contributed by atoms with van der Waals surface area (Å²) in [5, 5.41) is 3.03. The largest absolute Gasteiger partial charge is 0.247 e. The minimum absolute atomic E-state index is 0.598. The summed E-state index contributed by atoms with van der Waals surface area (Å²) < 4.78 is 0. The number of hydrogen-bond donors (Lipinski definition) is 0. The van der Waals surface area contributed by atoms with Gasteiger partial charge in [0.15, 0.2) is 5.69 Å². The molecule has 4 heteroatoms. The molecule has 0 saturated heterocycles. The second-order valence-electron chi connectivity index (χ2n) is 10.7. The van der Waals surface area contributed by atoms with Crippen LogP contribution in [0, 0.1) is 6.57 Å². The van der Waals surface area contributed by atoms with E-state index in [9.17, 15) is 0 Å². The maximum absolute atomic E-state index is 7.44. The molecule has 44 heavy (non-hydrogen) atoms. The van der Waals surface area contributed by atoms with Crippen molar-refractivity contribution in [3.63, 3.8) is 0 Å². The quantitative estimate of drug-likeness (QED) is 0.159. The number of nitrogens with zero attached hydrogens (tertiary/aromatic N) is 4. The van der Waals surface area contributed by atoms with Gasteiger partial charge in [0.1, 0.15) is 0 Å². The standard InChI is InChI=1S/C40H24N4/c1-41-30-23-21-29(22-24-30)36-33-25-32(26-13-5-2-6-14-26)39-40(35(33)31-19-11-12-20-34(31)42-36)44-38(28-17-9-4-10-18-28)37(43-39)27-15-7-3-8-16-27/h2-25H. The van der Waals surface area contributed by atoms with Gasteiger partial charge in [0, 0.05) is 32.8 Å². The Bertz CT molecular complexity index is 2360. The van der Waals surface area contributed by atoms with Gasteiger partial charge >= 0.3 is 0 Å². The van der Waals surface area contributed by atoms with E-state index >= 15 is 0 Å². The van der Waals surface area contributed by atoms with E-state index in [2.05, 4.69) is 71.6 Å². The number of fused-ring (bicyclic) bond motifs is 5. The predicted molar refractivity (Wildman–Crippen MR) is 180 cm³/mol. The lowest BCUT2D eigenvalue weighted by molar-refractivity contribution is 1.30. The van der Waals surface area contributed by atoms with Gasteiger partial charge in [-0.05, 0) is 23.3 Å². The molecule has 6 aromatic carbocycles. The van der Waals surface area contributed by atoms with Gasteiger partial charge in [-0.25, -0.2) is 19.8 Å². The molecule has 0 fully saturated rings. The van der Waals surface area contributed by atoms with Crippen LogP contribution in [0.5, 0.6) is 0 Å². The van der Waals surface area contributed by atoms with Crippen LogP contribution in [0.3, 0.4) is 0 Å². The molecule has 4 nitrogen and oxygen atoms in total.